The van der Waals surface area contributed by atoms with Crippen molar-refractivity contribution in [3.8, 4) is 0 Å². The highest BCUT2D eigenvalue weighted by molar-refractivity contribution is 5.92. The lowest BCUT2D eigenvalue weighted by molar-refractivity contribution is 0.1000. The largest absolute Gasteiger partial charge is 0.366 e. The highest BCUT2D eigenvalue weighted by Gasteiger charge is 2.01. The van der Waals surface area contributed by atoms with Gasteiger partial charge in [0.2, 0.25) is 5.91 Å². The van der Waals surface area contributed by atoms with Crippen molar-refractivity contribution in [1.82, 2.24) is 5.32 Å². The zero-order valence-corrected chi connectivity index (χ0v) is 11.1. The second kappa shape index (κ2) is 6.82. The normalized spacial score (nSPS) is 10.4. The number of nitrogens with two attached hydrogens (primary N) is 1. The van der Waals surface area contributed by atoms with E-state index >= 15 is 0 Å². The first-order chi connectivity index (χ1) is 9.65. The Morgan fingerprint density at radius 2 is 1.85 bits per heavy atom. The van der Waals surface area contributed by atoms with Gasteiger partial charge in [-0.2, -0.15) is 0 Å². The van der Waals surface area contributed by atoms with Crippen molar-refractivity contribution >= 4 is 5.91 Å². The van der Waals surface area contributed by atoms with Gasteiger partial charge in [-0.1, -0.05) is 24.3 Å². The number of hydrogen-bond donors (Lipinski definition) is 2. The fraction of sp³-hybridized carbons (Fsp3) is 0.188. The number of benzene rings is 2. The van der Waals surface area contributed by atoms with Crippen molar-refractivity contribution in [2.45, 2.75) is 13.0 Å². The van der Waals surface area contributed by atoms with Crippen LogP contribution < -0.4 is 11.1 Å². The van der Waals surface area contributed by atoms with Gasteiger partial charge in [0.1, 0.15) is 5.82 Å². The molecule has 0 radical (unpaired) electrons. The van der Waals surface area contributed by atoms with Gasteiger partial charge in [-0.05, 0) is 48.4 Å². The molecule has 0 aliphatic heterocycles. The van der Waals surface area contributed by atoms with Gasteiger partial charge in [0.05, 0.1) is 0 Å². The summed E-state index contributed by atoms with van der Waals surface area (Å²) < 4.78 is 13.0. The Labute approximate surface area is 117 Å². The van der Waals surface area contributed by atoms with Crippen molar-refractivity contribution in [3.05, 3.63) is 71.0 Å². The van der Waals surface area contributed by atoms with Crippen molar-refractivity contribution in [2.24, 2.45) is 5.73 Å². The van der Waals surface area contributed by atoms with Gasteiger partial charge in [0.15, 0.2) is 0 Å². The maximum Gasteiger partial charge on any atom is 0.248 e. The van der Waals surface area contributed by atoms with Crippen LogP contribution in [-0.4, -0.2) is 12.5 Å². The molecule has 20 heavy (non-hydrogen) atoms. The van der Waals surface area contributed by atoms with E-state index in [1.807, 2.05) is 18.2 Å². The topological polar surface area (TPSA) is 55.1 Å². The summed E-state index contributed by atoms with van der Waals surface area (Å²) in [5.74, 6) is -0.636. The summed E-state index contributed by atoms with van der Waals surface area (Å²) in [4.78, 5) is 11.1. The Balaban J connectivity index is 1.81. The first-order valence-corrected chi connectivity index (χ1v) is 6.49. The molecule has 0 aliphatic rings. The average Bonchev–Trinajstić information content (AvgIpc) is 2.44. The Hall–Kier alpha value is -2.20. The summed E-state index contributed by atoms with van der Waals surface area (Å²) in [6.45, 7) is 1.39. The van der Waals surface area contributed by atoms with Gasteiger partial charge in [-0.25, -0.2) is 4.39 Å². The number of primary amides is 1. The van der Waals surface area contributed by atoms with Crippen LogP contribution >= 0.6 is 0 Å². The second-order valence-corrected chi connectivity index (χ2v) is 4.62. The summed E-state index contributed by atoms with van der Waals surface area (Å²) in [6.07, 6.45) is 0.757. The minimum Gasteiger partial charge on any atom is -0.366 e. The van der Waals surface area contributed by atoms with Gasteiger partial charge >= 0.3 is 0 Å². The monoisotopic (exact) mass is 272 g/mol. The van der Waals surface area contributed by atoms with Crippen LogP contribution in [0.25, 0.3) is 0 Å². The van der Waals surface area contributed by atoms with Crippen LogP contribution in [0.15, 0.2) is 48.5 Å². The zero-order chi connectivity index (χ0) is 14.4. The van der Waals surface area contributed by atoms with E-state index in [1.165, 1.54) is 12.1 Å². The molecule has 0 fully saturated rings. The predicted octanol–water partition coefficient (Wildman–Crippen LogP) is 2.26. The maximum atomic E-state index is 13.0. The molecule has 4 heteroatoms. The van der Waals surface area contributed by atoms with Gasteiger partial charge in [0, 0.05) is 12.1 Å². The minimum absolute atomic E-state index is 0.211. The van der Waals surface area contributed by atoms with E-state index in [0.717, 1.165) is 24.1 Å². The minimum atomic E-state index is -0.424. The van der Waals surface area contributed by atoms with Gasteiger partial charge < -0.3 is 11.1 Å². The van der Waals surface area contributed by atoms with Gasteiger partial charge in [0.25, 0.3) is 0 Å². The summed E-state index contributed by atoms with van der Waals surface area (Å²) in [5.41, 5.74) is 7.70. The highest BCUT2D eigenvalue weighted by atomic mass is 19.1. The third-order valence-electron chi connectivity index (χ3n) is 3.02. The van der Waals surface area contributed by atoms with E-state index in [4.69, 9.17) is 5.73 Å². The predicted molar refractivity (Wildman–Crippen MR) is 76.8 cm³/mol. The standard InChI is InChI=1S/C16H17FN2O/c17-15-6-2-3-12(10-15)7-8-19-11-13-4-1-5-14(9-13)16(18)20/h1-6,9-10,19H,7-8,11H2,(H2,18,20). The number of carbonyl (C=O) groups excluding carboxylic acids is 1. The lowest BCUT2D eigenvalue weighted by Gasteiger charge is -2.06. The number of hydrogen-bond acceptors (Lipinski definition) is 2. The zero-order valence-electron chi connectivity index (χ0n) is 11.1. The van der Waals surface area contributed by atoms with Crippen LogP contribution in [0.3, 0.4) is 0 Å². The molecular formula is C16H17FN2O. The third-order valence-corrected chi connectivity index (χ3v) is 3.02. The molecule has 104 valence electrons. The molecule has 2 rings (SSSR count). The first kappa shape index (κ1) is 14.2. The molecule has 1 amide bonds. The molecule has 3 nitrogen and oxygen atoms in total. The van der Waals surface area contributed by atoms with E-state index in [2.05, 4.69) is 5.32 Å². The fourth-order valence-corrected chi connectivity index (χ4v) is 1.99. The SMILES string of the molecule is NC(=O)c1cccc(CNCCc2cccc(F)c2)c1. The molecule has 0 bridgehead atoms. The molecule has 2 aromatic carbocycles. The molecular weight excluding hydrogens is 255 g/mol. The quantitative estimate of drug-likeness (QED) is 0.792. The number of halogens is 1. The van der Waals surface area contributed by atoms with Crippen molar-refractivity contribution in [1.29, 1.82) is 0 Å². The van der Waals surface area contributed by atoms with Crippen LogP contribution in [0.2, 0.25) is 0 Å². The van der Waals surface area contributed by atoms with E-state index < -0.39 is 5.91 Å². The van der Waals surface area contributed by atoms with Crippen LogP contribution in [-0.2, 0) is 13.0 Å². The molecule has 0 spiro atoms. The Bertz CT molecular complexity index is 599. The summed E-state index contributed by atoms with van der Waals surface area (Å²) in [6, 6.07) is 13.8. The van der Waals surface area contributed by atoms with Crippen LogP contribution in [0, 0.1) is 5.82 Å². The maximum absolute atomic E-state index is 13.0. The molecule has 2 aromatic rings. The average molecular weight is 272 g/mol. The van der Waals surface area contributed by atoms with E-state index in [1.54, 1.807) is 18.2 Å². The smallest absolute Gasteiger partial charge is 0.248 e. The second-order valence-electron chi connectivity index (χ2n) is 4.62. The van der Waals surface area contributed by atoms with Gasteiger partial charge in [-0.3, -0.25) is 4.79 Å². The van der Waals surface area contributed by atoms with Crippen molar-refractivity contribution in [3.63, 3.8) is 0 Å². The molecule has 0 atom stereocenters. The number of rotatable bonds is 6. The number of amides is 1. The Morgan fingerprint density at radius 3 is 2.60 bits per heavy atom. The molecule has 3 N–H and O–H groups in total. The van der Waals surface area contributed by atoms with E-state index in [0.29, 0.717) is 12.1 Å². The molecule has 0 unspecified atom stereocenters. The highest BCUT2D eigenvalue weighted by Crippen LogP contribution is 2.06. The van der Waals surface area contributed by atoms with Crippen molar-refractivity contribution in [2.75, 3.05) is 6.54 Å². The first-order valence-electron chi connectivity index (χ1n) is 6.49. The lowest BCUT2D eigenvalue weighted by Crippen LogP contribution is -2.17. The Kier molecular flexibility index (Phi) is 4.85. The number of carbonyl (C=O) groups is 1. The molecule has 0 heterocycles. The fourth-order valence-electron chi connectivity index (χ4n) is 1.99. The lowest BCUT2D eigenvalue weighted by atomic mass is 10.1. The molecule has 0 saturated carbocycles. The number of nitrogens with one attached hydrogen (secondary N) is 1. The van der Waals surface area contributed by atoms with Crippen LogP contribution in [0.5, 0.6) is 0 Å². The Morgan fingerprint density at radius 1 is 1.10 bits per heavy atom. The summed E-state index contributed by atoms with van der Waals surface area (Å²) in [5, 5.41) is 3.26. The van der Waals surface area contributed by atoms with Crippen LogP contribution in [0.1, 0.15) is 21.5 Å². The molecule has 0 aromatic heterocycles. The summed E-state index contributed by atoms with van der Waals surface area (Å²) in [7, 11) is 0. The van der Waals surface area contributed by atoms with Crippen molar-refractivity contribution < 1.29 is 9.18 Å². The third kappa shape index (κ3) is 4.17. The molecule has 0 aliphatic carbocycles. The molecule has 0 saturated heterocycles. The van der Waals surface area contributed by atoms with E-state index in [-0.39, 0.29) is 5.82 Å². The van der Waals surface area contributed by atoms with Gasteiger partial charge in [-0.15, -0.1) is 0 Å². The van der Waals surface area contributed by atoms with E-state index in [9.17, 15) is 9.18 Å². The summed E-state index contributed by atoms with van der Waals surface area (Å²) >= 11 is 0. The van der Waals surface area contributed by atoms with Crippen LogP contribution in [0.4, 0.5) is 4.39 Å².